The molecule has 0 bridgehead atoms. The van der Waals surface area contributed by atoms with Crippen molar-refractivity contribution < 1.29 is 14.8 Å². The van der Waals surface area contributed by atoms with Crippen LogP contribution in [0.5, 0.6) is 0 Å². The molecule has 6 nitrogen and oxygen atoms in total. The van der Waals surface area contributed by atoms with E-state index in [9.17, 15) is 9.59 Å². The Balaban J connectivity index is 2.08. The number of aromatic nitrogens is 1. The van der Waals surface area contributed by atoms with E-state index in [0.717, 1.165) is 11.3 Å². The Morgan fingerprint density at radius 1 is 1.17 bits per heavy atom. The van der Waals surface area contributed by atoms with Crippen molar-refractivity contribution in [3.63, 3.8) is 0 Å². The van der Waals surface area contributed by atoms with Crippen LogP contribution in [0, 0.1) is 0 Å². The molecule has 0 aliphatic rings. The summed E-state index contributed by atoms with van der Waals surface area (Å²) in [5.74, 6) is -1.02. The first-order valence-electron chi connectivity index (χ1n) is 4.97. The number of anilines is 1. The molecule has 0 saturated carbocycles. The van der Waals surface area contributed by atoms with Crippen LogP contribution in [-0.2, 0) is 0 Å². The van der Waals surface area contributed by atoms with Crippen LogP contribution in [0.3, 0.4) is 0 Å². The summed E-state index contributed by atoms with van der Waals surface area (Å²) in [6, 6.07) is 8.65. The molecule has 7 heteroatoms. The smallest absolute Gasteiger partial charge is 0.294 e. The van der Waals surface area contributed by atoms with Gasteiger partial charge in [0.25, 0.3) is 11.8 Å². The van der Waals surface area contributed by atoms with Gasteiger partial charge in [-0.25, -0.2) is 10.5 Å². The van der Waals surface area contributed by atoms with E-state index in [1.165, 1.54) is 10.9 Å². The van der Waals surface area contributed by atoms with Gasteiger partial charge in [0.2, 0.25) is 0 Å². The second-order valence-corrected chi connectivity index (χ2v) is 4.16. The predicted molar refractivity (Wildman–Crippen MR) is 65.8 cm³/mol. The van der Waals surface area contributed by atoms with Crippen molar-refractivity contribution in [3.05, 3.63) is 47.0 Å². The van der Waals surface area contributed by atoms with Crippen molar-refractivity contribution in [2.45, 2.75) is 0 Å². The fourth-order valence-corrected chi connectivity index (χ4v) is 1.94. The molecule has 0 fully saturated rings. The predicted octanol–water partition coefficient (Wildman–Crippen LogP) is 1.51. The average Bonchev–Trinajstić information content (AvgIpc) is 2.87. The highest BCUT2D eigenvalue weighted by atomic mass is 32.1. The molecule has 0 aliphatic heterocycles. The molecule has 1 aromatic carbocycles. The Morgan fingerprint density at radius 2 is 1.89 bits per heavy atom. The van der Waals surface area contributed by atoms with Crippen molar-refractivity contribution in [2.75, 3.05) is 5.32 Å². The number of hydroxylamine groups is 1. The van der Waals surface area contributed by atoms with E-state index in [4.69, 9.17) is 5.21 Å². The van der Waals surface area contributed by atoms with Crippen LogP contribution in [0.15, 0.2) is 35.7 Å². The Bertz CT molecular complexity index is 568. The molecule has 0 saturated heterocycles. The van der Waals surface area contributed by atoms with Gasteiger partial charge in [0.15, 0.2) is 5.13 Å². The van der Waals surface area contributed by atoms with Crippen LogP contribution in [-0.4, -0.2) is 22.0 Å². The van der Waals surface area contributed by atoms with Crippen LogP contribution in [0.25, 0.3) is 0 Å². The maximum Gasteiger partial charge on any atom is 0.294 e. The first kappa shape index (κ1) is 12.2. The van der Waals surface area contributed by atoms with E-state index < -0.39 is 5.91 Å². The Kier molecular flexibility index (Phi) is 3.66. The van der Waals surface area contributed by atoms with Gasteiger partial charge in [-0.05, 0) is 12.1 Å². The summed E-state index contributed by atoms with van der Waals surface area (Å²) in [6.07, 6.45) is 0. The van der Waals surface area contributed by atoms with Crippen LogP contribution >= 0.6 is 11.3 Å². The van der Waals surface area contributed by atoms with Gasteiger partial charge in [-0.2, -0.15) is 0 Å². The minimum Gasteiger partial charge on any atom is -0.298 e. The lowest BCUT2D eigenvalue weighted by Crippen LogP contribution is -2.19. The molecule has 0 radical (unpaired) electrons. The maximum absolute atomic E-state index is 11.8. The lowest BCUT2D eigenvalue weighted by molar-refractivity contribution is 0.0701. The molecule has 0 spiro atoms. The number of nitrogens with zero attached hydrogens (tertiary/aromatic N) is 1. The third-order valence-corrected chi connectivity index (χ3v) is 2.85. The van der Waals surface area contributed by atoms with Gasteiger partial charge in [0.1, 0.15) is 5.69 Å². The average molecular weight is 263 g/mol. The highest BCUT2D eigenvalue weighted by Crippen LogP contribution is 2.16. The molecular formula is C11H9N3O3S. The number of carbonyl (C=O) groups excluding carboxylic acids is 2. The summed E-state index contributed by atoms with van der Waals surface area (Å²) < 4.78 is 0. The zero-order chi connectivity index (χ0) is 13.0. The highest BCUT2D eigenvalue weighted by molar-refractivity contribution is 7.14. The summed E-state index contributed by atoms with van der Waals surface area (Å²) in [4.78, 5) is 26.7. The fraction of sp³-hybridized carbons (Fsp3) is 0. The number of hydrogen-bond acceptors (Lipinski definition) is 5. The van der Waals surface area contributed by atoms with Crippen molar-refractivity contribution >= 4 is 28.3 Å². The lowest BCUT2D eigenvalue weighted by atomic mass is 10.2. The fourth-order valence-electron chi connectivity index (χ4n) is 1.25. The minimum atomic E-state index is -0.716. The number of amides is 2. The van der Waals surface area contributed by atoms with Gasteiger partial charge < -0.3 is 0 Å². The van der Waals surface area contributed by atoms with Crippen LogP contribution in [0.2, 0.25) is 0 Å². The van der Waals surface area contributed by atoms with Crippen molar-refractivity contribution in [1.82, 2.24) is 10.5 Å². The topological polar surface area (TPSA) is 91.3 Å². The van der Waals surface area contributed by atoms with Gasteiger partial charge >= 0.3 is 0 Å². The normalized spacial score (nSPS) is 9.83. The number of rotatable bonds is 3. The number of hydrogen-bond donors (Lipinski definition) is 3. The number of carbonyl (C=O) groups is 2. The Labute approximate surface area is 106 Å². The van der Waals surface area contributed by atoms with E-state index in [1.807, 2.05) is 6.07 Å². The second-order valence-electron chi connectivity index (χ2n) is 3.30. The molecule has 2 aromatic rings. The standard InChI is InChI=1S/C11H9N3O3S/c15-9(7-4-2-1-3-5-7)13-11-12-8(6-18-11)10(16)14-17/h1-6,17H,(H,14,16)(H,12,13,15). The summed E-state index contributed by atoms with van der Waals surface area (Å²) in [5, 5.41) is 12.7. The molecule has 18 heavy (non-hydrogen) atoms. The van der Waals surface area contributed by atoms with Gasteiger partial charge in [-0.3, -0.25) is 20.1 Å². The molecule has 0 unspecified atom stereocenters. The Morgan fingerprint density at radius 3 is 2.56 bits per heavy atom. The van der Waals surface area contributed by atoms with E-state index >= 15 is 0 Å². The second kappa shape index (κ2) is 5.39. The van der Waals surface area contributed by atoms with Crippen LogP contribution < -0.4 is 10.8 Å². The maximum atomic E-state index is 11.8. The molecule has 2 amide bonds. The van der Waals surface area contributed by atoms with E-state index in [0.29, 0.717) is 10.7 Å². The number of benzene rings is 1. The zero-order valence-electron chi connectivity index (χ0n) is 9.08. The van der Waals surface area contributed by atoms with E-state index in [-0.39, 0.29) is 11.6 Å². The molecule has 0 atom stereocenters. The molecule has 1 aromatic heterocycles. The SMILES string of the molecule is O=C(Nc1nc(C(=O)NO)cs1)c1ccccc1. The van der Waals surface area contributed by atoms with Crippen molar-refractivity contribution in [2.24, 2.45) is 0 Å². The third-order valence-electron chi connectivity index (χ3n) is 2.09. The molecular weight excluding hydrogens is 254 g/mol. The van der Waals surface area contributed by atoms with Crippen molar-refractivity contribution in [1.29, 1.82) is 0 Å². The monoisotopic (exact) mass is 263 g/mol. The molecule has 0 aliphatic carbocycles. The molecule has 2 rings (SSSR count). The van der Waals surface area contributed by atoms with Crippen LogP contribution in [0.1, 0.15) is 20.8 Å². The van der Waals surface area contributed by atoms with E-state index in [2.05, 4.69) is 10.3 Å². The highest BCUT2D eigenvalue weighted by Gasteiger charge is 2.12. The first-order valence-corrected chi connectivity index (χ1v) is 5.85. The minimum absolute atomic E-state index is 0.0471. The summed E-state index contributed by atoms with van der Waals surface area (Å²) >= 11 is 1.10. The molecule has 92 valence electrons. The molecule has 1 heterocycles. The Hall–Kier alpha value is -2.25. The summed E-state index contributed by atoms with van der Waals surface area (Å²) in [5.41, 5.74) is 2.02. The lowest BCUT2D eigenvalue weighted by Gasteiger charge is -2.00. The quantitative estimate of drug-likeness (QED) is 0.578. The summed E-state index contributed by atoms with van der Waals surface area (Å²) in [6.45, 7) is 0. The number of nitrogens with one attached hydrogen (secondary N) is 2. The molecule has 3 N–H and O–H groups in total. The number of thiazole rings is 1. The van der Waals surface area contributed by atoms with Gasteiger partial charge in [-0.15, -0.1) is 11.3 Å². The van der Waals surface area contributed by atoms with Crippen molar-refractivity contribution in [3.8, 4) is 0 Å². The van der Waals surface area contributed by atoms with E-state index in [1.54, 1.807) is 24.3 Å². The van der Waals surface area contributed by atoms with Gasteiger partial charge in [-0.1, -0.05) is 18.2 Å². The van der Waals surface area contributed by atoms with Crippen LogP contribution in [0.4, 0.5) is 5.13 Å². The summed E-state index contributed by atoms with van der Waals surface area (Å²) in [7, 11) is 0. The van der Waals surface area contributed by atoms with Gasteiger partial charge in [0.05, 0.1) is 0 Å². The largest absolute Gasteiger partial charge is 0.298 e. The van der Waals surface area contributed by atoms with Gasteiger partial charge in [0, 0.05) is 10.9 Å². The first-order chi connectivity index (χ1) is 8.70. The zero-order valence-corrected chi connectivity index (χ0v) is 9.90. The third kappa shape index (κ3) is 2.70.